The summed E-state index contributed by atoms with van der Waals surface area (Å²) in [4.78, 5) is 211. The molecule has 2 aromatic carbocycles. The molecule has 1 saturated heterocycles. The number of amides is 13. The summed E-state index contributed by atoms with van der Waals surface area (Å²) in [5.74, 6) is -14.6. The van der Waals surface area contributed by atoms with Gasteiger partial charge in [-0.25, -0.2) is 0 Å². The van der Waals surface area contributed by atoms with E-state index in [0.717, 1.165) is 0 Å². The van der Waals surface area contributed by atoms with E-state index in [0.29, 0.717) is 49.8 Å². The number of rotatable bonds is 56. The molecule has 3 rings (SSSR count). The molecular formula is C77H129N25O16. The molecule has 0 bridgehead atoms. The molecule has 658 valence electrons. The fourth-order valence-electron chi connectivity index (χ4n) is 12.8. The standard InChI is InChI=1S/C77H129N25O16/c1-7-45(6)62(73(117)97-54(25-17-35-90-77(86)87)74(118)102-36-18-26-59(102)72(116)96-51(22-12-14-32-79)66(110)98-55(37-43(2)3)68(112)93-50(63(81)107)21-11-13-31-78)101-67(111)53(24-16-34-89-76(84)85)94-65(109)52(23-15-33-88-75(82)83)95-69(113)56(38-44(4)5)99-70(114)57(40-46-19-9-8-10-20-46)100-71(115)58(41-61(105)106)92-60(104)42-91-64(108)49(80)39-47-27-29-48(103)30-28-47/h8-10,19-20,27-30,43-45,49-59,62,103H,7,11-18,21-26,31-42,78-80H2,1-6H3,(H2,81,107)(H,91,108)(H,92,104)(H,93,112)(H,94,109)(H,95,113)(H,96,116)(H,97,117)(H,98,110)(H,99,114)(H,100,115)(H,101,111)(H,105,106)(H4,82,83,88)(H4,84,85,89)(H4,86,87,90)/t45-,49-,50-,51-,52-,53-,54-,55-,56-,57-,58+,59-,62-/m0/s1. The van der Waals surface area contributed by atoms with Gasteiger partial charge in [0.25, 0.3) is 0 Å². The zero-order valence-corrected chi connectivity index (χ0v) is 68.6. The number of hydrogen-bond acceptors (Lipinski definition) is 21. The number of carboxylic acids is 1. The molecule has 0 radical (unpaired) electrons. The summed E-state index contributed by atoms with van der Waals surface area (Å²) in [6.45, 7) is 10.3. The van der Waals surface area contributed by atoms with E-state index in [1.807, 2.05) is 13.8 Å². The topological polar surface area (TPSA) is 712 Å². The van der Waals surface area contributed by atoms with Crippen LogP contribution < -0.4 is 116 Å². The molecule has 0 aliphatic carbocycles. The number of aliphatic imine (C=N–C) groups is 3. The Morgan fingerprint density at radius 3 is 1.36 bits per heavy atom. The SMILES string of the molecule is CC[C@H](C)[C@H](NC(=O)[C@H](CCCN=C(N)N)NC(=O)[C@H](CCCN=C(N)N)NC(=O)[C@H](CC(C)C)NC(=O)[C@H](Cc1ccccc1)NC(=O)[C@@H](CC(=O)O)NC(=O)CNC(=O)[C@@H](N)Cc1ccc(O)cc1)C(=O)N[C@@H](CCCN=C(N)N)C(=O)N1CCC[C@H]1C(=O)N[C@@H](CCCCN)C(=O)N[C@@H](CC(C)C)C(=O)N[C@@H](CCCCN)C(N)=O. The molecule has 41 nitrogen and oxygen atoms in total. The molecule has 1 aliphatic heterocycles. The minimum absolute atomic E-state index is 0.000152. The maximum atomic E-state index is 15.1. The van der Waals surface area contributed by atoms with E-state index < -0.39 is 174 Å². The van der Waals surface area contributed by atoms with Gasteiger partial charge in [0.1, 0.15) is 72.2 Å². The van der Waals surface area contributed by atoms with E-state index in [1.54, 1.807) is 70.2 Å². The van der Waals surface area contributed by atoms with Crippen LogP contribution in [0.1, 0.15) is 168 Å². The highest BCUT2D eigenvalue weighted by atomic mass is 16.4. The number of likely N-dealkylation sites (tertiary alicyclic amines) is 1. The molecule has 41 heteroatoms. The Balaban J connectivity index is 2.02. The number of phenols is 1. The van der Waals surface area contributed by atoms with Gasteiger partial charge in [-0.15, -0.1) is 0 Å². The van der Waals surface area contributed by atoms with Crippen LogP contribution >= 0.6 is 0 Å². The zero-order valence-electron chi connectivity index (χ0n) is 68.6. The third-order valence-electron chi connectivity index (χ3n) is 19.3. The number of guanidine groups is 3. The van der Waals surface area contributed by atoms with Gasteiger partial charge < -0.3 is 131 Å². The molecule has 0 unspecified atom stereocenters. The third-order valence-corrected chi connectivity index (χ3v) is 19.3. The normalized spacial score (nSPS) is 15.4. The number of primary amides is 1. The van der Waals surface area contributed by atoms with Crippen molar-refractivity contribution in [2.45, 2.75) is 242 Å². The van der Waals surface area contributed by atoms with Crippen molar-refractivity contribution in [1.82, 2.24) is 63.4 Å². The Labute approximate surface area is 688 Å². The molecule has 0 saturated carbocycles. The smallest absolute Gasteiger partial charge is 0.305 e. The van der Waals surface area contributed by atoms with E-state index in [9.17, 15) is 63.0 Å². The highest BCUT2D eigenvalue weighted by Crippen LogP contribution is 2.23. The third kappa shape index (κ3) is 38.5. The number of aliphatic carboxylic acids is 1. The first-order valence-corrected chi connectivity index (χ1v) is 40.1. The number of carbonyl (C=O) groups is 14. The van der Waals surface area contributed by atoms with Crippen LogP contribution in [-0.2, 0) is 80.0 Å². The Kier molecular flexibility index (Phi) is 45.8. The van der Waals surface area contributed by atoms with Gasteiger partial charge in [-0.05, 0) is 163 Å². The lowest BCUT2D eigenvalue weighted by molar-refractivity contribution is -0.143. The highest BCUT2D eigenvalue weighted by molar-refractivity contribution is 6.00. The van der Waals surface area contributed by atoms with E-state index in [-0.39, 0.29) is 158 Å². The van der Waals surface area contributed by atoms with Crippen molar-refractivity contribution in [2.75, 3.05) is 45.8 Å². The number of aromatic hydroxyl groups is 1. The van der Waals surface area contributed by atoms with E-state index in [4.69, 9.17) is 57.3 Å². The van der Waals surface area contributed by atoms with Crippen molar-refractivity contribution < 1.29 is 77.3 Å². The lowest BCUT2D eigenvalue weighted by Gasteiger charge is -2.32. The van der Waals surface area contributed by atoms with Crippen molar-refractivity contribution in [3.05, 3.63) is 65.7 Å². The van der Waals surface area contributed by atoms with Crippen LogP contribution in [0, 0.1) is 17.8 Å². The van der Waals surface area contributed by atoms with Gasteiger partial charge in [0.15, 0.2) is 17.9 Å². The molecule has 33 N–H and O–H groups in total. The summed E-state index contributed by atoms with van der Waals surface area (Å²) >= 11 is 0. The van der Waals surface area contributed by atoms with Gasteiger partial charge in [-0.2, -0.15) is 0 Å². The maximum Gasteiger partial charge on any atom is 0.305 e. The largest absolute Gasteiger partial charge is 0.508 e. The van der Waals surface area contributed by atoms with Crippen LogP contribution in [0.2, 0.25) is 0 Å². The first-order chi connectivity index (χ1) is 55.9. The molecule has 0 aromatic heterocycles. The lowest BCUT2D eigenvalue weighted by atomic mass is 9.96. The summed E-state index contributed by atoms with van der Waals surface area (Å²) in [7, 11) is 0. The van der Waals surface area contributed by atoms with Crippen molar-refractivity contribution >= 4 is 101 Å². The molecular weight excluding hydrogens is 1530 g/mol. The molecule has 13 amide bonds. The van der Waals surface area contributed by atoms with Crippen molar-refractivity contribution in [2.24, 2.45) is 90.1 Å². The number of nitrogens with two attached hydrogens (primary N) is 10. The fraction of sp³-hybridized carbons (Fsp3) is 0.623. The van der Waals surface area contributed by atoms with Gasteiger partial charge in [-0.3, -0.25) is 82.1 Å². The number of benzene rings is 2. The first-order valence-electron chi connectivity index (χ1n) is 40.1. The molecule has 2 aromatic rings. The zero-order chi connectivity index (χ0) is 88.1. The van der Waals surface area contributed by atoms with Gasteiger partial charge in [0.05, 0.1) is 19.0 Å². The van der Waals surface area contributed by atoms with Crippen molar-refractivity contribution in [1.29, 1.82) is 0 Å². The number of nitrogens with one attached hydrogen (secondary N) is 11. The van der Waals surface area contributed by atoms with E-state index >= 15 is 14.4 Å². The van der Waals surface area contributed by atoms with Crippen molar-refractivity contribution in [3.63, 3.8) is 0 Å². The maximum absolute atomic E-state index is 15.1. The van der Waals surface area contributed by atoms with E-state index in [2.05, 4.69) is 73.5 Å². The van der Waals surface area contributed by atoms with Crippen LogP contribution in [0.4, 0.5) is 0 Å². The van der Waals surface area contributed by atoms with Gasteiger partial charge in [0, 0.05) is 32.6 Å². The number of carboxylic acid groups (broad SMARTS) is 1. The Morgan fingerprint density at radius 2 is 0.881 bits per heavy atom. The van der Waals surface area contributed by atoms with Crippen LogP contribution in [0.5, 0.6) is 5.75 Å². The minimum atomic E-state index is -1.83. The molecule has 118 heavy (non-hydrogen) atoms. The molecule has 1 aliphatic rings. The van der Waals surface area contributed by atoms with E-state index in [1.165, 1.54) is 17.0 Å². The van der Waals surface area contributed by atoms with Crippen LogP contribution in [-0.4, -0.2) is 234 Å². The minimum Gasteiger partial charge on any atom is -0.508 e. The summed E-state index contributed by atoms with van der Waals surface area (Å²) in [5.41, 5.74) is 58.2. The summed E-state index contributed by atoms with van der Waals surface area (Å²) < 4.78 is 0. The second-order valence-corrected chi connectivity index (χ2v) is 30.2. The second kappa shape index (κ2) is 53.7. The number of unbranched alkanes of at least 4 members (excludes halogenated alkanes) is 2. The average Bonchev–Trinajstić information content (AvgIpc) is 1.62. The number of phenolic OH excluding ortho intramolecular Hbond substituents is 1. The second-order valence-electron chi connectivity index (χ2n) is 30.2. The highest BCUT2D eigenvalue weighted by Gasteiger charge is 2.42. The summed E-state index contributed by atoms with van der Waals surface area (Å²) in [6, 6.07) is -2.35. The number of hydrogen-bond donors (Lipinski definition) is 23. The molecule has 1 heterocycles. The summed E-state index contributed by atoms with van der Waals surface area (Å²) in [5, 5.41) is 48.6. The Morgan fingerprint density at radius 1 is 0.466 bits per heavy atom. The predicted molar refractivity (Wildman–Crippen MR) is 442 cm³/mol. The Bertz CT molecular complexity index is 3690. The predicted octanol–water partition coefficient (Wildman–Crippen LogP) is -5.02. The molecule has 13 atom stereocenters. The van der Waals surface area contributed by atoms with Crippen molar-refractivity contribution in [3.8, 4) is 5.75 Å². The number of nitrogens with zero attached hydrogens (tertiary/aromatic N) is 4. The van der Waals surface area contributed by atoms with Crippen LogP contribution in [0.3, 0.4) is 0 Å². The number of carbonyl (C=O) groups excluding carboxylic acids is 13. The quantitative estimate of drug-likeness (QED) is 0.0167. The first kappa shape index (κ1) is 101. The van der Waals surface area contributed by atoms with Crippen LogP contribution in [0.25, 0.3) is 0 Å². The molecule has 1 fully saturated rings. The fourth-order valence-corrected chi connectivity index (χ4v) is 12.8. The Hall–Kier alpha value is -11.5. The lowest BCUT2D eigenvalue weighted by Crippen LogP contribution is -2.61. The summed E-state index contributed by atoms with van der Waals surface area (Å²) in [6.07, 6.45) is 1.46. The van der Waals surface area contributed by atoms with Crippen LogP contribution in [0.15, 0.2) is 69.6 Å². The van der Waals surface area contributed by atoms with Gasteiger partial charge in [0.2, 0.25) is 76.8 Å². The van der Waals surface area contributed by atoms with Gasteiger partial charge >= 0.3 is 5.97 Å². The van der Waals surface area contributed by atoms with Gasteiger partial charge in [-0.1, -0.05) is 90.4 Å². The molecule has 0 spiro atoms. The average molecular weight is 1660 g/mol. The monoisotopic (exact) mass is 1660 g/mol.